The van der Waals surface area contributed by atoms with Gasteiger partial charge >= 0.3 is 0 Å². The summed E-state index contributed by atoms with van der Waals surface area (Å²) in [7, 11) is 1.93. The van der Waals surface area contributed by atoms with E-state index in [4.69, 9.17) is 0 Å². The van der Waals surface area contributed by atoms with Gasteiger partial charge in [-0.1, -0.05) is 43.7 Å². The molecule has 0 radical (unpaired) electrons. The SMILES string of the molecule is CNCC(C)(C)CNC(=O)Cc1cccc(C)c1. The first-order valence-corrected chi connectivity index (χ1v) is 6.40. The summed E-state index contributed by atoms with van der Waals surface area (Å²) >= 11 is 0. The first kappa shape index (κ1) is 14.7. The summed E-state index contributed by atoms with van der Waals surface area (Å²) < 4.78 is 0. The zero-order chi connectivity index (χ0) is 13.6. The average molecular weight is 248 g/mol. The smallest absolute Gasteiger partial charge is 0.224 e. The van der Waals surface area contributed by atoms with Gasteiger partial charge in [-0.25, -0.2) is 0 Å². The molecule has 3 nitrogen and oxygen atoms in total. The van der Waals surface area contributed by atoms with E-state index in [-0.39, 0.29) is 11.3 Å². The third-order valence-electron chi connectivity index (χ3n) is 2.87. The summed E-state index contributed by atoms with van der Waals surface area (Å²) in [6.07, 6.45) is 0.456. The molecule has 0 fully saturated rings. The summed E-state index contributed by atoms with van der Waals surface area (Å²) in [5.74, 6) is 0.0878. The highest BCUT2D eigenvalue weighted by molar-refractivity contribution is 5.78. The highest BCUT2D eigenvalue weighted by atomic mass is 16.1. The van der Waals surface area contributed by atoms with Crippen LogP contribution in [0.25, 0.3) is 0 Å². The van der Waals surface area contributed by atoms with Crippen molar-refractivity contribution in [2.75, 3.05) is 20.1 Å². The lowest BCUT2D eigenvalue weighted by Gasteiger charge is -2.24. The van der Waals surface area contributed by atoms with Crippen LogP contribution in [0.4, 0.5) is 0 Å². The molecule has 0 aromatic heterocycles. The molecule has 0 heterocycles. The van der Waals surface area contributed by atoms with Crippen LogP contribution in [0, 0.1) is 12.3 Å². The molecule has 0 unspecified atom stereocenters. The Hall–Kier alpha value is -1.35. The fourth-order valence-corrected chi connectivity index (χ4v) is 1.95. The van der Waals surface area contributed by atoms with Gasteiger partial charge in [-0.2, -0.15) is 0 Å². The highest BCUT2D eigenvalue weighted by Gasteiger charge is 2.17. The molecule has 3 heteroatoms. The monoisotopic (exact) mass is 248 g/mol. The number of carbonyl (C=O) groups excluding carboxylic acids is 1. The van der Waals surface area contributed by atoms with Gasteiger partial charge in [0.2, 0.25) is 5.91 Å². The van der Waals surface area contributed by atoms with Crippen molar-refractivity contribution >= 4 is 5.91 Å². The van der Waals surface area contributed by atoms with Gasteiger partial charge in [0.25, 0.3) is 0 Å². The van der Waals surface area contributed by atoms with Crippen LogP contribution in [0.3, 0.4) is 0 Å². The van der Waals surface area contributed by atoms with E-state index in [0.29, 0.717) is 13.0 Å². The molecule has 0 saturated carbocycles. The fraction of sp³-hybridized carbons (Fsp3) is 0.533. The molecule has 1 amide bonds. The van der Waals surface area contributed by atoms with E-state index in [9.17, 15) is 4.79 Å². The number of hydrogen-bond acceptors (Lipinski definition) is 2. The van der Waals surface area contributed by atoms with Gasteiger partial charge in [0.1, 0.15) is 0 Å². The fourth-order valence-electron chi connectivity index (χ4n) is 1.95. The summed E-state index contributed by atoms with van der Waals surface area (Å²) in [4.78, 5) is 11.8. The molecule has 1 aromatic carbocycles. The molecule has 1 rings (SSSR count). The Morgan fingerprint density at radius 2 is 2.00 bits per heavy atom. The van der Waals surface area contributed by atoms with Gasteiger partial charge in [0, 0.05) is 13.1 Å². The number of hydrogen-bond donors (Lipinski definition) is 2. The first-order chi connectivity index (χ1) is 8.43. The van der Waals surface area contributed by atoms with Crippen molar-refractivity contribution in [3.63, 3.8) is 0 Å². The second kappa shape index (κ2) is 6.55. The van der Waals surface area contributed by atoms with E-state index in [2.05, 4.69) is 30.5 Å². The van der Waals surface area contributed by atoms with Crippen molar-refractivity contribution < 1.29 is 4.79 Å². The molecule has 0 spiro atoms. The molecule has 1 aromatic rings. The van der Waals surface area contributed by atoms with Gasteiger partial charge < -0.3 is 10.6 Å². The Kier molecular flexibility index (Phi) is 5.35. The van der Waals surface area contributed by atoms with Crippen molar-refractivity contribution in [1.82, 2.24) is 10.6 Å². The minimum absolute atomic E-state index is 0.0804. The maximum Gasteiger partial charge on any atom is 0.224 e. The molecule has 0 aliphatic carbocycles. The third kappa shape index (κ3) is 5.32. The van der Waals surface area contributed by atoms with Gasteiger partial charge in [0.15, 0.2) is 0 Å². The van der Waals surface area contributed by atoms with Crippen molar-refractivity contribution in [3.8, 4) is 0 Å². The summed E-state index contributed by atoms with van der Waals surface area (Å²) in [6.45, 7) is 7.89. The number of rotatable bonds is 6. The topological polar surface area (TPSA) is 41.1 Å². The zero-order valence-electron chi connectivity index (χ0n) is 11.8. The van der Waals surface area contributed by atoms with Crippen LogP contribution in [-0.2, 0) is 11.2 Å². The van der Waals surface area contributed by atoms with Crippen LogP contribution in [-0.4, -0.2) is 26.0 Å². The third-order valence-corrected chi connectivity index (χ3v) is 2.87. The van der Waals surface area contributed by atoms with E-state index in [1.165, 1.54) is 5.56 Å². The molecular weight excluding hydrogens is 224 g/mol. The maximum atomic E-state index is 11.8. The van der Waals surface area contributed by atoms with E-state index < -0.39 is 0 Å². The highest BCUT2D eigenvalue weighted by Crippen LogP contribution is 2.11. The quantitative estimate of drug-likeness (QED) is 0.807. The molecule has 0 atom stereocenters. The Labute approximate surface area is 110 Å². The Balaban J connectivity index is 2.43. The maximum absolute atomic E-state index is 11.8. The lowest BCUT2D eigenvalue weighted by Crippen LogP contribution is -2.39. The van der Waals surface area contributed by atoms with E-state index in [0.717, 1.165) is 12.1 Å². The van der Waals surface area contributed by atoms with Crippen molar-refractivity contribution in [2.45, 2.75) is 27.2 Å². The first-order valence-electron chi connectivity index (χ1n) is 6.40. The van der Waals surface area contributed by atoms with Gasteiger partial charge in [-0.15, -0.1) is 0 Å². The summed E-state index contributed by atoms with van der Waals surface area (Å²) in [6, 6.07) is 8.07. The molecule has 0 aliphatic rings. The van der Waals surface area contributed by atoms with E-state index in [1.807, 2.05) is 32.2 Å². The van der Waals surface area contributed by atoms with E-state index in [1.54, 1.807) is 0 Å². The van der Waals surface area contributed by atoms with Crippen LogP contribution >= 0.6 is 0 Å². The minimum atomic E-state index is 0.0804. The zero-order valence-corrected chi connectivity index (χ0v) is 11.8. The standard InChI is InChI=1S/C15H24N2O/c1-12-6-5-7-13(8-12)9-14(18)17-11-15(2,3)10-16-4/h5-8,16H,9-11H2,1-4H3,(H,17,18). The van der Waals surface area contributed by atoms with Crippen LogP contribution < -0.4 is 10.6 Å². The number of benzene rings is 1. The van der Waals surface area contributed by atoms with Crippen LogP contribution in [0.5, 0.6) is 0 Å². The second-order valence-electron chi connectivity index (χ2n) is 5.64. The van der Waals surface area contributed by atoms with Gasteiger partial charge in [-0.05, 0) is 24.9 Å². The van der Waals surface area contributed by atoms with Crippen molar-refractivity contribution in [3.05, 3.63) is 35.4 Å². The molecule has 2 N–H and O–H groups in total. The van der Waals surface area contributed by atoms with Gasteiger partial charge in [-0.3, -0.25) is 4.79 Å². The molecule has 0 aliphatic heterocycles. The van der Waals surface area contributed by atoms with Crippen LogP contribution in [0.2, 0.25) is 0 Å². The number of amides is 1. The molecule has 100 valence electrons. The summed E-state index contributed by atoms with van der Waals surface area (Å²) in [5, 5.41) is 6.13. The predicted molar refractivity (Wildman–Crippen MR) is 75.6 cm³/mol. The minimum Gasteiger partial charge on any atom is -0.355 e. The lowest BCUT2D eigenvalue weighted by atomic mass is 9.93. The normalized spacial score (nSPS) is 11.3. The number of nitrogens with one attached hydrogen (secondary N) is 2. The number of aryl methyl sites for hydroxylation is 1. The molecule has 0 bridgehead atoms. The largest absolute Gasteiger partial charge is 0.355 e. The van der Waals surface area contributed by atoms with Crippen molar-refractivity contribution in [2.24, 2.45) is 5.41 Å². The average Bonchev–Trinajstić information content (AvgIpc) is 2.26. The number of carbonyl (C=O) groups is 1. The van der Waals surface area contributed by atoms with E-state index >= 15 is 0 Å². The molecule has 18 heavy (non-hydrogen) atoms. The lowest BCUT2D eigenvalue weighted by molar-refractivity contribution is -0.120. The predicted octanol–water partition coefficient (Wildman–Crippen LogP) is 1.90. The van der Waals surface area contributed by atoms with Crippen LogP contribution in [0.15, 0.2) is 24.3 Å². The summed E-state index contributed by atoms with van der Waals surface area (Å²) in [5.41, 5.74) is 2.34. The van der Waals surface area contributed by atoms with Crippen LogP contribution in [0.1, 0.15) is 25.0 Å². The Bertz CT molecular complexity index is 399. The Morgan fingerprint density at radius 1 is 1.28 bits per heavy atom. The molecular formula is C15H24N2O. The molecule has 0 saturated heterocycles. The second-order valence-corrected chi connectivity index (χ2v) is 5.64. The van der Waals surface area contributed by atoms with Crippen molar-refractivity contribution in [1.29, 1.82) is 0 Å². The Morgan fingerprint density at radius 3 is 2.61 bits per heavy atom. The van der Waals surface area contributed by atoms with Gasteiger partial charge in [0.05, 0.1) is 6.42 Å².